The van der Waals surface area contributed by atoms with Gasteiger partial charge < -0.3 is 20.6 Å². The number of hydrogen-bond acceptors (Lipinski definition) is 4. The van der Waals surface area contributed by atoms with Gasteiger partial charge in [0.25, 0.3) is 0 Å². The Bertz CT molecular complexity index is 784. The molecule has 6 nitrogen and oxygen atoms in total. The van der Waals surface area contributed by atoms with E-state index in [1.807, 2.05) is 0 Å². The van der Waals surface area contributed by atoms with Crippen LogP contribution in [0, 0.1) is 0 Å². The average Bonchev–Trinajstić information content (AvgIpc) is 2.50. The molecule has 0 saturated carbocycles. The molecule has 9 heteroatoms. The van der Waals surface area contributed by atoms with Crippen LogP contribution in [0.5, 0.6) is 17.2 Å². The predicted octanol–water partition coefficient (Wildman–Crippen LogP) is 1.51. The second kappa shape index (κ2) is 7.36. The van der Waals surface area contributed by atoms with Crippen LogP contribution in [-0.2, 0) is 0 Å². The molecular weight excluding hydrogens is 361 g/mol. The fraction of sp³-hybridized carbons (Fsp3) is 0. The van der Waals surface area contributed by atoms with E-state index < -0.39 is 17.2 Å². The monoisotopic (exact) mass is 372 g/mol. The van der Waals surface area contributed by atoms with Crippen molar-refractivity contribution < 1.29 is 20.4 Å². The lowest BCUT2D eigenvalue weighted by Crippen LogP contribution is -2.82. The number of aromatic hydroxyl groups is 3. The van der Waals surface area contributed by atoms with Crippen LogP contribution in [-0.4, -0.2) is 26.6 Å². The van der Waals surface area contributed by atoms with Crippen molar-refractivity contribution in [2.24, 2.45) is 0 Å². The smallest absolute Gasteiger partial charge is 0.228 e. The maximum Gasteiger partial charge on any atom is 0.228 e. The largest absolute Gasteiger partial charge is 0.504 e. The predicted molar refractivity (Wildman–Crippen MR) is 93.4 cm³/mol. The topological polar surface area (TPSA) is 98.7 Å². The Morgan fingerprint density at radius 3 is 2.52 bits per heavy atom. The van der Waals surface area contributed by atoms with Crippen molar-refractivity contribution in [2.45, 2.75) is 0 Å². The number of hydrazone groups is 1. The van der Waals surface area contributed by atoms with Crippen molar-refractivity contribution in [1.82, 2.24) is 5.43 Å². The van der Waals surface area contributed by atoms with Gasteiger partial charge in [0.2, 0.25) is 17.1 Å². The first kappa shape index (κ1) is 17.1. The number of nitrogens with one attached hydrogen (secondary N) is 3. The molecule has 0 spiro atoms. The molecule has 0 saturated heterocycles. The van der Waals surface area contributed by atoms with E-state index in [-0.39, 0.29) is 10.7 Å². The first-order valence-electron chi connectivity index (χ1n) is 6.23. The van der Waals surface area contributed by atoms with Gasteiger partial charge in [0.05, 0.1) is 16.3 Å². The molecular formula is C14H12Cl2N3O3S+. The van der Waals surface area contributed by atoms with Crippen molar-refractivity contribution in [2.75, 3.05) is 5.32 Å². The van der Waals surface area contributed by atoms with Crippen molar-refractivity contribution in [3.63, 3.8) is 0 Å². The van der Waals surface area contributed by atoms with Crippen LogP contribution < -0.4 is 15.8 Å². The number of rotatable bonds is 3. The van der Waals surface area contributed by atoms with Gasteiger partial charge in [-0.25, -0.2) is 0 Å². The number of thiocarbonyl (C=S) groups is 1. The lowest BCUT2D eigenvalue weighted by molar-refractivity contribution is -0.499. The highest BCUT2D eigenvalue weighted by Gasteiger charge is 2.11. The Labute approximate surface area is 147 Å². The summed E-state index contributed by atoms with van der Waals surface area (Å²) < 4.78 is 0. The Hall–Kier alpha value is -2.22. The van der Waals surface area contributed by atoms with Gasteiger partial charge in [0.15, 0.2) is 11.5 Å². The molecule has 0 aliphatic carbocycles. The van der Waals surface area contributed by atoms with Gasteiger partial charge in [-0.15, -0.1) is 10.5 Å². The second-order valence-corrected chi connectivity index (χ2v) is 5.61. The third-order valence-corrected chi connectivity index (χ3v) is 3.51. The zero-order valence-electron chi connectivity index (χ0n) is 11.5. The molecule has 0 aliphatic heterocycles. The molecule has 0 fully saturated rings. The van der Waals surface area contributed by atoms with Crippen molar-refractivity contribution in [3.05, 3.63) is 45.9 Å². The van der Waals surface area contributed by atoms with E-state index in [0.29, 0.717) is 15.7 Å². The molecule has 120 valence electrons. The Kier molecular flexibility index (Phi) is 5.49. The van der Waals surface area contributed by atoms with Crippen LogP contribution in [0.15, 0.2) is 30.3 Å². The molecule has 23 heavy (non-hydrogen) atoms. The minimum atomic E-state index is -0.603. The summed E-state index contributed by atoms with van der Waals surface area (Å²) in [6, 6.07) is 7.56. The molecule has 0 aromatic heterocycles. The van der Waals surface area contributed by atoms with E-state index in [2.05, 4.69) is 15.8 Å². The summed E-state index contributed by atoms with van der Waals surface area (Å²) in [5, 5.41) is 34.9. The molecule has 2 aromatic carbocycles. The van der Waals surface area contributed by atoms with E-state index in [9.17, 15) is 15.3 Å². The molecule has 2 rings (SSSR count). The zero-order chi connectivity index (χ0) is 17.0. The molecule has 0 heterocycles. The minimum absolute atomic E-state index is 0.216. The van der Waals surface area contributed by atoms with Crippen molar-refractivity contribution >= 4 is 52.4 Å². The molecule has 0 unspecified atom stereocenters. The van der Waals surface area contributed by atoms with Crippen LogP contribution >= 0.6 is 35.4 Å². The molecule has 0 bridgehead atoms. The third-order valence-electron chi connectivity index (χ3n) is 2.75. The van der Waals surface area contributed by atoms with Gasteiger partial charge in [-0.2, -0.15) is 0 Å². The van der Waals surface area contributed by atoms with Gasteiger partial charge in [-0.05, 0) is 42.5 Å². The number of phenols is 3. The normalized spacial score (nSPS) is 10.7. The molecule has 6 N–H and O–H groups in total. The lowest BCUT2D eigenvalue weighted by atomic mass is 10.2. The number of halogens is 2. The highest BCUT2D eigenvalue weighted by molar-refractivity contribution is 7.80. The van der Waals surface area contributed by atoms with E-state index in [4.69, 9.17) is 35.4 Å². The summed E-state index contributed by atoms with van der Waals surface area (Å²) in [4.78, 5) is 0. The Morgan fingerprint density at radius 1 is 1.09 bits per heavy atom. The molecule has 0 atom stereocenters. The summed E-state index contributed by atoms with van der Waals surface area (Å²) in [6.07, 6.45) is 1.35. The average molecular weight is 373 g/mol. The van der Waals surface area contributed by atoms with Crippen LogP contribution in [0.4, 0.5) is 5.69 Å². The fourth-order valence-electron chi connectivity index (χ4n) is 1.62. The standard InChI is InChI=1S/C14H11Cl2N3O3S/c15-8-2-3-10(9(16)5-8)18-14(23)19-17-6-7-1-4-11(20)13(22)12(7)21/h1-6,20-22H,(H2,18,19,23)/p+1/b17-6+. The summed E-state index contributed by atoms with van der Waals surface area (Å²) in [5.74, 6) is -1.48. The van der Waals surface area contributed by atoms with E-state index >= 15 is 0 Å². The highest BCUT2D eigenvalue weighted by atomic mass is 35.5. The number of anilines is 1. The van der Waals surface area contributed by atoms with E-state index in [0.717, 1.165) is 0 Å². The summed E-state index contributed by atoms with van der Waals surface area (Å²) >= 11 is 16.9. The second-order valence-electron chi connectivity index (χ2n) is 4.36. The first-order valence-corrected chi connectivity index (χ1v) is 7.39. The van der Waals surface area contributed by atoms with Crippen LogP contribution in [0.25, 0.3) is 0 Å². The minimum Gasteiger partial charge on any atom is -0.504 e. The number of hydrazine groups is 1. The van der Waals surface area contributed by atoms with Crippen LogP contribution in [0.2, 0.25) is 10.0 Å². The molecule has 0 amide bonds. The number of phenolic OH excluding ortho intramolecular Hbond substituents is 3. The van der Waals surface area contributed by atoms with E-state index in [1.165, 1.54) is 18.3 Å². The van der Waals surface area contributed by atoms with Crippen molar-refractivity contribution in [3.8, 4) is 17.2 Å². The van der Waals surface area contributed by atoms with Gasteiger partial charge in [-0.1, -0.05) is 23.2 Å². The maximum atomic E-state index is 9.65. The quantitative estimate of drug-likeness (QED) is 0.211. The number of benzene rings is 2. The summed E-state index contributed by atoms with van der Waals surface area (Å²) in [6.45, 7) is 0. The first-order chi connectivity index (χ1) is 10.9. The third kappa shape index (κ3) is 4.38. The molecule has 0 aliphatic rings. The Balaban J connectivity index is 2.00. The lowest BCUT2D eigenvalue weighted by Gasteiger charge is -2.07. The molecule has 2 aromatic rings. The van der Waals surface area contributed by atoms with Crippen molar-refractivity contribution in [1.29, 1.82) is 0 Å². The van der Waals surface area contributed by atoms with Gasteiger partial charge >= 0.3 is 0 Å². The summed E-state index contributed by atoms with van der Waals surface area (Å²) in [5.41, 5.74) is 3.47. The molecule has 0 radical (unpaired) electrons. The number of hydrogen-bond donors (Lipinski definition) is 6. The zero-order valence-corrected chi connectivity index (χ0v) is 13.8. The van der Waals surface area contributed by atoms with Crippen LogP contribution in [0.3, 0.4) is 0 Å². The van der Waals surface area contributed by atoms with Gasteiger partial charge in [0, 0.05) is 5.02 Å². The van der Waals surface area contributed by atoms with Crippen LogP contribution in [0.1, 0.15) is 5.56 Å². The Morgan fingerprint density at radius 2 is 1.83 bits per heavy atom. The van der Waals surface area contributed by atoms with Gasteiger partial charge in [-0.3, -0.25) is 0 Å². The summed E-state index contributed by atoms with van der Waals surface area (Å²) in [7, 11) is 0. The fourth-order valence-corrected chi connectivity index (χ4v) is 2.25. The maximum absolute atomic E-state index is 9.65. The highest BCUT2D eigenvalue weighted by Crippen LogP contribution is 2.35. The SMILES string of the molecule is Oc1ccc(/C=[NH+]/NC(=S)Nc2ccc(Cl)cc2Cl)c(O)c1O. The van der Waals surface area contributed by atoms with Gasteiger partial charge in [0.1, 0.15) is 0 Å². The van der Waals surface area contributed by atoms with E-state index in [1.54, 1.807) is 18.2 Å².